The van der Waals surface area contributed by atoms with Crippen molar-refractivity contribution in [1.29, 1.82) is 0 Å². The first-order valence-electron chi connectivity index (χ1n) is 6.72. The Morgan fingerprint density at radius 3 is 2.84 bits per heavy atom. The highest BCUT2D eigenvalue weighted by Crippen LogP contribution is 2.30. The third-order valence-corrected chi connectivity index (χ3v) is 3.51. The highest BCUT2D eigenvalue weighted by atomic mass is 16.3. The fourth-order valence-corrected chi connectivity index (χ4v) is 2.27. The van der Waals surface area contributed by atoms with E-state index < -0.39 is 5.60 Å². The van der Waals surface area contributed by atoms with Crippen molar-refractivity contribution in [3.8, 4) is 0 Å². The number of likely N-dealkylation sites (N-methyl/N-ethyl adjacent to an activating group) is 1. The first-order valence-corrected chi connectivity index (χ1v) is 6.72. The number of hydrogen-bond acceptors (Lipinski definition) is 4. The summed E-state index contributed by atoms with van der Waals surface area (Å²) in [6, 6.07) is 1.76. The van der Waals surface area contributed by atoms with E-state index in [0.717, 1.165) is 25.9 Å². The Morgan fingerprint density at radius 2 is 2.21 bits per heavy atom. The van der Waals surface area contributed by atoms with Gasteiger partial charge < -0.3 is 15.3 Å². The van der Waals surface area contributed by atoms with Gasteiger partial charge in [-0.25, -0.2) is 0 Å². The lowest BCUT2D eigenvalue weighted by Crippen LogP contribution is -2.40. The summed E-state index contributed by atoms with van der Waals surface area (Å²) in [7, 11) is 4.00. The van der Waals surface area contributed by atoms with Crippen molar-refractivity contribution in [2.75, 3.05) is 26.0 Å². The lowest BCUT2D eigenvalue weighted by molar-refractivity contribution is -0.133. The second kappa shape index (κ2) is 5.71. The number of carbonyl (C=O) groups is 1. The molecule has 0 aliphatic heterocycles. The molecule has 0 unspecified atom stereocenters. The summed E-state index contributed by atoms with van der Waals surface area (Å²) in [5.74, 6) is 0.173. The summed E-state index contributed by atoms with van der Waals surface area (Å²) in [5.41, 5.74) is -1.20. The molecule has 6 nitrogen and oxygen atoms in total. The van der Waals surface area contributed by atoms with Gasteiger partial charge in [0.25, 0.3) is 5.91 Å². The predicted molar refractivity (Wildman–Crippen MR) is 72.8 cm³/mol. The molecule has 0 saturated heterocycles. The van der Waals surface area contributed by atoms with E-state index in [1.807, 2.05) is 20.3 Å². The molecule has 19 heavy (non-hydrogen) atoms. The average molecular weight is 266 g/mol. The van der Waals surface area contributed by atoms with E-state index in [1.54, 1.807) is 10.7 Å². The summed E-state index contributed by atoms with van der Waals surface area (Å²) in [4.78, 5) is 14.1. The third kappa shape index (κ3) is 3.54. The van der Waals surface area contributed by atoms with Crippen LogP contribution in [0.1, 0.15) is 25.7 Å². The van der Waals surface area contributed by atoms with Crippen molar-refractivity contribution < 1.29 is 9.90 Å². The smallest absolute Gasteiger partial charge is 0.257 e. The number of hydrogen-bond donors (Lipinski definition) is 2. The fraction of sp³-hybridized carbons (Fsp3) is 0.692. The molecule has 2 N–H and O–H groups in total. The number of anilines is 1. The van der Waals surface area contributed by atoms with Gasteiger partial charge in [0, 0.05) is 18.8 Å². The molecule has 1 fully saturated rings. The van der Waals surface area contributed by atoms with Crippen LogP contribution in [0.25, 0.3) is 0 Å². The van der Waals surface area contributed by atoms with Crippen molar-refractivity contribution in [2.24, 2.45) is 0 Å². The van der Waals surface area contributed by atoms with Crippen LogP contribution in [0.15, 0.2) is 12.3 Å². The third-order valence-electron chi connectivity index (χ3n) is 3.51. The van der Waals surface area contributed by atoms with E-state index in [4.69, 9.17) is 0 Å². The number of aliphatic hydroxyl groups is 1. The van der Waals surface area contributed by atoms with Gasteiger partial charge in [-0.3, -0.25) is 9.48 Å². The largest absolute Gasteiger partial charge is 0.380 e. The monoisotopic (exact) mass is 266 g/mol. The van der Waals surface area contributed by atoms with Gasteiger partial charge in [0.15, 0.2) is 5.82 Å². The number of amides is 1. The molecule has 0 spiro atoms. The van der Waals surface area contributed by atoms with Crippen LogP contribution in [0.2, 0.25) is 0 Å². The molecule has 1 aromatic heterocycles. The minimum absolute atomic E-state index is 0.331. The molecule has 106 valence electrons. The maximum atomic E-state index is 12.0. The van der Waals surface area contributed by atoms with Crippen LogP contribution < -0.4 is 5.32 Å². The van der Waals surface area contributed by atoms with Crippen molar-refractivity contribution in [2.45, 2.75) is 37.8 Å². The molecule has 6 heteroatoms. The summed E-state index contributed by atoms with van der Waals surface area (Å²) in [6.45, 7) is 1.66. The van der Waals surface area contributed by atoms with Crippen molar-refractivity contribution >= 4 is 11.7 Å². The number of nitrogens with one attached hydrogen (secondary N) is 1. The van der Waals surface area contributed by atoms with Gasteiger partial charge in [-0.2, -0.15) is 5.10 Å². The van der Waals surface area contributed by atoms with Crippen LogP contribution in [0.4, 0.5) is 5.82 Å². The summed E-state index contributed by atoms with van der Waals surface area (Å²) >= 11 is 0. The molecule has 0 aromatic carbocycles. The minimum atomic E-state index is -1.20. The quantitative estimate of drug-likeness (QED) is 0.822. The van der Waals surface area contributed by atoms with Gasteiger partial charge in [0.1, 0.15) is 5.60 Å². The first kappa shape index (κ1) is 14.0. The molecule has 1 saturated carbocycles. The number of carbonyl (C=O) groups excluding carboxylic acids is 1. The standard InChI is InChI=1S/C13H22N4O2/c1-16(2)9-10-17-8-5-11(15-17)14-12(18)13(19)6-3-4-7-13/h5,8,19H,3-4,6-7,9-10H2,1-2H3,(H,14,15,18). The number of rotatable bonds is 5. The lowest BCUT2D eigenvalue weighted by atomic mass is 10.0. The van der Waals surface area contributed by atoms with Crippen LogP contribution in [-0.4, -0.2) is 51.9 Å². The lowest BCUT2D eigenvalue weighted by Gasteiger charge is -2.19. The topological polar surface area (TPSA) is 70.4 Å². The Balaban J connectivity index is 1.90. The molecule has 0 bridgehead atoms. The number of nitrogens with zero attached hydrogens (tertiary/aromatic N) is 3. The van der Waals surface area contributed by atoms with Gasteiger partial charge in [0.05, 0.1) is 6.54 Å². The Labute approximate surface area is 113 Å². The molecule has 2 rings (SSSR count). The Bertz CT molecular complexity index is 436. The fourth-order valence-electron chi connectivity index (χ4n) is 2.27. The SMILES string of the molecule is CN(C)CCn1ccc(NC(=O)C2(O)CCCC2)n1. The highest BCUT2D eigenvalue weighted by molar-refractivity contribution is 5.96. The van der Waals surface area contributed by atoms with Crippen LogP contribution in [0.5, 0.6) is 0 Å². The van der Waals surface area contributed by atoms with Gasteiger partial charge in [-0.05, 0) is 39.8 Å². The molecule has 1 heterocycles. The average Bonchev–Trinajstić information content (AvgIpc) is 2.97. The summed E-state index contributed by atoms with van der Waals surface area (Å²) < 4.78 is 1.79. The molecule has 0 atom stereocenters. The zero-order valence-corrected chi connectivity index (χ0v) is 11.6. The van der Waals surface area contributed by atoms with Crippen molar-refractivity contribution in [3.63, 3.8) is 0 Å². The molecule has 1 amide bonds. The van der Waals surface area contributed by atoms with E-state index in [-0.39, 0.29) is 5.91 Å². The minimum Gasteiger partial charge on any atom is -0.380 e. The predicted octanol–water partition coefficient (Wildman–Crippen LogP) is 0.688. The molecule has 1 aliphatic rings. The summed E-state index contributed by atoms with van der Waals surface area (Å²) in [6.07, 6.45) is 4.72. The van der Waals surface area contributed by atoms with Crippen LogP contribution >= 0.6 is 0 Å². The summed E-state index contributed by atoms with van der Waals surface area (Å²) in [5, 5.41) is 17.1. The highest BCUT2D eigenvalue weighted by Gasteiger charge is 2.39. The maximum absolute atomic E-state index is 12.0. The zero-order chi connectivity index (χ0) is 13.9. The van der Waals surface area contributed by atoms with E-state index in [0.29, 0.717) is 18.7 Å². The second-order valence-electron chi connectivity index (χ2n) is 5.46. The molecule has 0 radical (unpaired) electrons. The molecule has 1 aliphatic carbocycles. The normalized spacial score (nSPS) is 17.9. The van der Waals surface area contributed by atoms with Crippen LogP contribution in [-0.2, 0) is 11.3 Å². The van der Waals surface area contributed by atoms with E-state index >= 15 is 0 Å². The molecule has 1 aromatic rings. The molecular formula is C13H22N4O2. The molecular weight excluding hydrogens is 244 g/mol. The zero-order valence-electron chi connectivity index (χ0n) is 11.6. The number of aromatic nitrogens is 2. The second-order valence-corrected chi connectivity index (χ2v) is 5.46. The van der Waals surface area contributed by atoms with Crippen LogP contribution in [0, 0.1) is 0 Å². The Morgan fingerprint density at radius 1 is 1.53 bits per heavy atom. The van der Waals surface area contributed by atoms with Gasteiger partial charge in [-0.15, -0.1) is 0 Å². The van der Waals surface area contributed by atoms with Gasteiger partial charge >= 0.3 is 0 Å². The Hall–Kier alpha value is -1.40. The van der Waals surface area contributed by atoms with E-state index in [2.05, 4.69) is 15.3 Å². The van der Waals surface area contributed by atoms with Crippen LogP contribution in [0.3, 0.4) is 0 Å². The van der Waals surface area contributed by atoms with E-state index in [1.165, 1.54) is 0 Å². The van der Waals surface area contributed by atoms with Gasteiger partial charge in [-0.1, -0.05) is 0 Å². The van der Waals surface area contributed by atoms with Crippen molar-refractivity contribution in [3.05, 3.63) is 12.3 Å². The first-order chi connectivity index (χ1) is 8.99. The van der Waals surface area contributed by atoms with E-state index in [9.17, 15) is 9.90 Å². The van der Waals surface area contributed by atoms with Crippen molar-refractivity contribution in [1.82, 2.24) is 14.7 Å². The maximum Gasteiger partial charge on any atom is 0.257 e. The van der Waals surface area contributed by atoms with Gasteiger partial charge in [0.2, 0.25) is 0 Å². The Kier molecular flexibility index (Phi) is 4.21.